The maximum absolute atomic E-state index is 12.4. The minimum atomic E-state index is -0.337. The van der Waals surface area contributed by atoms with Crippen molar-refractivity contribution in [3.8, 4) is 0 Å². The normalized spacial score (nSPS) is 16.1. The quantitative estimate of drug-likeness (QED) is 0.792. The number of para-hydroxylation sites is 2. The fourth-order valence-electron chi connectivity index (χ4n) is 2.77. The third kappa shape index (κ3) is 2.60. The largest absolute Gasteiger partial charge is 0.461 e. The van der Waals surface area contributed by atoms with E-state index in [1.807, 2.05) is 38.1 Å². The van der Waals surface area contributed by atoms with E-state index in [0.717, 1.165) is 23.9 Å². The highest BCUT2D eigenvalue weighted by Gasteiger charge is 2.30. The van der Waals surface area contributed by atoms with Crippen LogP contribution < -0.4 is 5.69 Å². The molecule has 0 amide bonds. The van der Waals surface area contributed by atoms with Crippen molar-refractivity contribution in [2.24, 2.45) is 5.92 Å². The van der Waals surface area contributed by atoms with Crippen molar-refractivity contribution in [1.29, 1.82) is 0 Å². The number of rotatable bonds is 5. The first kappa shape index (κ1) is 13.9. The fourth-order valence-corrected chi connectivity index (χ4v) is 2.77. The fraction of sp³-hybridized carbons (Fsp3) is 0.500. The SMILES string of the molecule is CCn1c(=O)n(CC(=O)O[C@H](C)C2CC2)c2ccccc21. The first-order valence-electron chi connectivity index (χ1n) is 7.49. The number of fused-ring (bicyclic) bond motifs is 1. The Morgan fingerprint density at radius 2 is 1.90 bits per heavy atom. The van der Waals surface area contributed by atoms with Gasteiger partial charge in [-0.2, -0.15) is 0 Å². The summed E-state index contributed by atoms with van der Waals surface area (Å²) in [4.78, 5) is 24.5. The Bertz CT molecular complexity index is 725. The Morgan fingerprint density at radius 1 is 1.29 bits per heavy atom. The third-order valence-corrected chi connectivity index (χ3v) is 4.13. The van der Waals surface area contributed by atoms with Crippen molar-refractivity contribution in [1.82, 2.24) is 9.13 Å². The maximum atomic E-state index is 12.4. The number of aryl methyl sites for hydroxylation is 1. The summed E-state index contributed by atoms with van der Waals surface area (Å²) >= 11 is 0. The number of hydrogen-bond donors (Lipinski definition) is 0. The lowest BCUT2D eigenvalue weighted by Gasteiger charge is -2.12. The topological polar surface area (TPSA) is 53.2 Å². The first-order chi connectivity index (χ1) is 10.1. The average molecular weight is 288 g/mol. The average Bonchev–Trinajstić information content (AvgIpc) is 3.27. The summed E-state index contributed by atoms with van der Waals surface area (Å²) in [5.41, 5.74) is 1.48. The molecule has 2 aromatic rings. The van der Waals surface area contributed by atoms with E-state index in [1.165, 1.54) is 4.57 Å². The Balaban J connectivity index is 1.87. The molecule has 1 heterocycles. The van der Waals surface area contributed by atoms with E-state index in [0.29, 0.717) is 12.5 Å². The van der Waals surface area contributed by atoms with Gasteiger partial charge in [0.15, 0.2) is 0 Å². The van der Waals surface area contributed by atoms with Crippen molar-refractivity contribution in [2.75, 3.05) is 0 Å². The number of carbonyl (C=O) groups is 1. The van der Waals surface area contributed by atoms with E-state index < -0.39 is 0 Å². The van der Waals surface area contributed by atoms with Gasteiger partial charge in [-0.3, -0.25) is 13.9 Å². The van der Waals surface area contributed by atoms with Crippen LogP contribution in [0.5, 0.6) is 0 Å². The molecule has 1 aliphatic carbocycles. The van der Waals surface area contributed by atoms with Gasteiger partial charge in [0.2, 0.25) is 0 Å². The number of esters is 1. The lowest BCUT2D eigenvalue weighted by Crippen LogP contribution is -2.29. The highest BCUT2D eigenvalue weighted by molar-refractivity contribution is 5.78. The number of imidazole rings is 1. The highest BCUT2D eigenvalue weighted by Crippen LogP contribution is 2.34. The van der Waals surface area contributed by atoms with E-state index in [4.69, 9.17) is 4.74 Å². The zero-order valence-electron chi connectivity index (χ0n) is 12.4. The van der Waals surface area contributed by atoms with Crippen LogP contribution in [0.15, 0.2) is 29.1 Å². The van der Waals surface area contributed by atoms with Gasteiger partial charge in [0.05, 0.1) is 11.0 Å². The molecule has 112 valence electrons. The lowest BCUT2D eigenvalue weighted by molar-refractivity contribution is -0.149. The molecule has 1 fully saturated rings. The Kier molecular flexibility index (Phi) is 3.57. The number of benzene rings is 1. The minimum absolute atomic E-state index is 0.0244. The second kappa shape index (κ2) is 5.39. The molecule has 0 saturated heterocycles. The predicted octanol–water partition coefficient (Wildman–Crippen LogP) is 2.16. The van der Waals surface area contributed by atoms with Gasteiger partial charge in [-0.1, -0.05) is 12.1 Å². The minimum Gasteiger partial charge on any atom is -0.461 e. The molecule has 0 spiro atoms. The van der Waals surface area contributed by atoms with E-state index in [1.54, 1.807) is 4.57 Å². The van der Waals surface area contributed by atoms with Crippen molar-refractivity contribution in [3.63, 3.8) is 0 Å². The van der Waals surface area contributed by atoms with E-state index in [9.17, 15) is 9.59 Å². The van der Waals surface area contributed by atoms with Crippen LogP contribution in [0.4, 0.5) is 0 Å². The number of aromatic nitrogens is 2. The van der Waals surface area contributed by atoms with Gasteiger partial charge < -0.3 is 4.74 Å². The Morgan fingerprint density at radius 3 is 2.48 bits per heavy atom. The number of carbonyl (C=O) groups excluding carboxylic acids is 1. The second-order valence-electron chi connectivity index (χ2n) is 5.63. The molecule has 5 heteroatoms. The third-order valence-electron chi connectivity index (χ3n) is 4.13. The smallest absolute Gasteiger partial charge is 0.329 e. The standard InChI is InChI=1S/C16H20N2O3/c1-3-17-13-6-4-5-7-14(13)18(16(17)20)10-15(19)21-11(2)12-8-9-12/h4-7,11-12H,3,8-10H2,1-2H3/t11-/m1/s1. The molecule has 1 aliphatic rings. The van der Waals surface area contributed by atoms with Crippen LogP contribution >= 0.6 is 0 Å². The second-order valence-corrected chi connectivity index (χ2v) is 5.63. The van der Waals surface area contributed by atoms with Gasteiger partial charge in [0, 0.05) is 6.54 Å². The van der Waals surface area contributed by atoms with Crippen LogP contribution in [0.25, 0.3) is 11.0 Å². The molecule has 1 atom stereocenters. The molecule has 0 aliphatic heterocycles. The van der Waals surface area contributed by atoms with Crippen molar-refractivity contribution < 1.29 is 9.53 Å². The van der Waals surface area contributed by atoms with Gasteiger partial charge in [0.1, 0.15) is 12.6 Å². The van der Waals surface area contributed by atoms with Crippen LogP contribution in [0.3, 0.4) is 0 Å². The molecule has 1 saturated carbocycles. The molecule has 5 nitrogen and oxygen atoms in total. The molecule has 0 bridgehead atoms. The zero-order chi connectivity index (χ0) is 15.0. The number of hydrogen-bond acceptors (Lipinski definition) is 3. The van der Waals surface area contributed by atoms with Crippen LogP contribution in [-0.4, -0.2) is 21.2 Å². The zero-order valence-corrected chi connectivity index (χ0v) is 12.4. The van der Waals surface area contributed by atoms with Gasteiger partial charge in [-0.15, -0.1) is 0 Å². The Hall–Kier alpha value is -2.04. The molecule has 0 N–H and O–H groups in total. The number of ether oxygens (including phenoxy) is 1. The summed E-state index contributed by atoms with van der Waals surface area (Å²) < 4.78 is 8.59. The van der Waals surface area contributed by atoms with E-state index in [-0.39, 0.29) is 24.3 Å². The molecule has 1 aromatic heterocycles. The highest BCUT2D eigenvalue weighted by atomic mass is 16.5. The lowest BCUT2D eigenvalue weighted by atomic mass is 10.3. The summed E-state index contributed by atoms with van der Waals surface area (Å²) in [6.45, 7) is 4.41. The van der Waals surface area contributed by atoms with Gasteiger partial charge in [0.25, 0.3) is 0 Å². The number of nitrogens with zero attached hydrogens (tertiary/aromatic N) is 2. The van der Waals surface area contributed by atoms with Crippen LogP contribution in [0.1, 0.15) is 26.7 Å². The predicted molar refractivity (Wildman–Crippen MR) is 80.2 cm³/mol. The molecule has 1 aromatic carbocycles. The summed E-state index contributed by atoms with van der Waals surface area (Å²) in [6, 6.07) is 7.53. The van der Waals surface area contributed by atoms with Crippen LogP contribution in [0.2, 0.25) is 0 Å². The van der Waals surface area contributed by atoms with Gasteiger partial charge in [-0.25, -0.2) is 4.79 Å². The molecule has 0 unspecified atom stereocenters. The first-order valence-corrected chi connectivity index (χ1v) is 7.49. The van der Waals surface area contributed by atoms with Crippen molar-refractivity contribution in [2.45, 2.75) is 45.9 Å². The van der Waals surface area contributed by atoms with Crippen LogP contribution in [-0.2, 0) is 22.6 Å². The molecule has 21 heavy (non-hydrogen) atoms. The molecule has 0 radical (unpaired) electrons. The summed E-state index contributed by atoms with van der Waals surface area (Å²) in [7, 11) is 0. The summed E-state index contributed by atoms with van der Waals surface area (Å²) in [6.07, 6.45) is 2.21. The summed E-state index contributed by atoms with van der Waals surface area (Å²) in [5.74, 6) is 0.165. The molecule has 3 rings (SSSR count). The Labute approximate surface area is 123 Å². The van der Waals surface area contributed by atoms with Crippen molar-refractivity contribution in [3.05, 3.63) is 34.7 Å². The van der Waals surface area contributed by atoms with Crippen molar-refractivity contribution >= 4 is 17.0 Å². The van der Waals surface area contributed by atoms with Gasteiger partial charge >= 0.3 is 11.7 Å². The molecular formula is C16H20N2O3. The molecular weight excluding hydrogens is 268 g/mol. The van der Waals surface area contributed by atoms with E-state index in [2.05, 4.69) is 0 Å². The summed E-state index contributed by atoms with van der Waals surface area (Å²) in [5, 5.41) is 0. The maximum Gasteiger partial charge on any atom is 0.329 e. The monoisotopic (exact) mass is 288 g/mol. The van der Waals surface area contributed by atoms with Crippen LogP contribution in [0, 0.1) is 5.92 Å². The van der Waals surface area contributed by atoms with E-state index >= 15 is 0 Å². The van der Waals surface area contributed by atoms with Gasteiger partial charge in [-0.05, 0) is 44.7 Å².